The number of carbonyl (C=O) groups excluding carboxylic acids is 1. The summed E-state index contributed by atoms with van der Waals surface area (Å²) in [4.78, 5) is 11.1. The quantitative estimate of drug-likeness (QED) is 0.567. The molecule has 0 N–H and O–H groups in total. The highest BCUT2D eigenvalue weighted by Crippen LogP contribution is 2.37. The van der Waals surface area contributed by atoms with E-state index in [1.165, 1.54) is 23.5 Å². The van der Waals surface area contributed by atoms with Crippen LogP contribution in [0, 0.1) is 0 Å². The molecular weight excluding hydrogens is 303 g/mol. The predicted octanol–water partition coefficient (Wildman–Crippen LogP) is 5.31. The SMILES string of the molecule is O=Cc1cc(Oc2cc(Cl)c(Cl)cc2Cl)cs1. The molecule has 0 unspecified atom stereocenters. The van der Waals surface area contributed by atoms with E-state index in [9.17, 15) is 4.79 Å². The van der Waals surface area contributed by atoms with Gasteiger partial charge in [0.15, 0.2) is 6.29 Å². The first-order chi connectivity index (χ1) is 8.10. The molecule has 0 saturated carbocycles. The van der Waals surface area contributed by atoms with Crippen molar-refractivity contribution < 1.29 is 9.53 Å². The van der Waals surface area contributed by atoms with E-state index in [-0.39, 0.29) is 0 Å². The smallest absolute Gasteiger partial charge is 0.160 e. The standard InChI is InChI=1S/C11H5Cl3O2S/c12-8-2-10(14)11(3-9(8)13)16-6-1-7(4-15)17-5-6/h1-5H. The Balaban J connectivity index is 2.29. The normalized spacial score (nSPS) is 10.3. The molecule has 0 aliphatic rings. The maximum atomic E-state index is 10.5. The molecule has 1 aromatic heterocycles. The van der Waals surface area contributed by atoms with Gasteiger partial charge in [-0.1, -0.05) is 34.8 Å². The van der Waals surface area contributed by atoms with Gasteiger partial charge in [0.1, 0.15) is 11.5 Å². The Kier molecular flexibility index (Phi) is 3.94. The van der Waals surface area contributed by atoms with Gasteiger partial charge < -0.3 is 4.74 Å². The number of thiophene rings is 1. The summed E-state index contributed by atoms with van der Waals surface area (Å²) < 4.78 is 5.50. The number of benzene rings is 1. The van der Waals surface area contributed by atoms with Gasteiger partial charge in [-0.15, -0.1) is 11.3 Å². The Labute approximate surface area is 117 Å². The minimum absolute atomic E-state index is 0.358. The molecular formula is C11H5Cl3O2S. The molecule has 2 nitrogen and oxygen atoms in total. The first-order valence-corrected chi connectivity index (χ1v) is 6.47. The van der Waals surface area contributed by atoms with Gasteiger partial charge in [0.05, 0.1) is 19.9 Å². The van der Waals surface area contributed by atoms with Crippen LogP contribution in [0.3, 0.4) is 0 Å². The average molecular weight is 308 g/mol. The molecule has 2 aromatic rings. The van der Waals surface area contributed by atoms with E-state index in [0.29, 0.717) is 31.4 Å². The molecule has 1 heterocycles. The summed E-state index contributed by atoms with van der Waals surface area (Å²) in [5.41, 5.74) is 0. The minimum atomic E-state index is 0.358. The molecule has 0 amide bonds. The maximum absolute atomic E-state index is 10.5. The van der Waals surface area contributed by atoms with Gasteiger partial charge in [-0.2, -0.15) is 0 Å². The van der Waals surface area contributed by atoms with Crippen LogP contribution < -0.4 is 4.74 Å². The molecule has 0 atom stereocenters. The number of rotatable bonds is 3. The van der Waals surface area contributed by atoms with Crippen molar-refractivity contribution in [1.82, 2.24) is 0 Å². The van der Waals surface area contributed by atoms with Crippen LogP contribution in [0.5, 0.6) is 11.5 Å². The molecule has 0 saturated heterocycles. The summed E-state index contributed by atoms with van der Waals surface area (Å²) in [6, 6.07) is 4.66. The first kappa shape index (κ1) is 12.7. The molecule has 2 rings (SSSR count). The summed E-state index contributed by atoms with van der Waals surface area (Å²) >= 11 is 18.9. The zero-order valence-electron chi connectivity index (χ0n) is 8.25. The zero-order chi connectivity index (χ0) is 12.4. The monoisotopic (exact) mass is 306 g/mol. The Morgan fingerprint density at radius 2 is 1.76 bits per heavy atom. The van der Waals surface area contributed by atoms with E-state index in [2.05, 4.69) is 0 Å². The second-order valence-corrected chi connectivity index (χ2v) is 5.27. The highest BCUT2D eigenvalue weighted by molar-refractivity contribution is 7.11. The molecule has 17 heavy (non-hydrogen) atoms. The van der Waals surface area contributed by atoms with Crippen LogP contribution >= 0.6 is 46.1 Å². The molecule has 88 valence electrons. The fraction of sp³-hybridized carbons (Fsp3) is 0. The summed E-state index contributed by atoms with van der Waals surface area (Å²) in [6.07, 6.45) is 0.758. The van der Waals surface area contributed by atoms with E-state index in [1.54, 1.807) is 11.4 Å². The summed E-state index contributed by atoms with van der Waals surface area (Å²) in [5.74, 6) is 0.939. The van der Waals surface area contributed by atoms with Crippen molar-refractivity contribution in [2.24, 2.45) is 0 Å². The van der Waals surface area contributed by atoms with E-state index in [1.807, 2.05) is 0 Å². The lowest BCUT2D eigenvalue weighted by atomic mass is 10.3. The highest BCUT2D eigenvalue weighted by Gasteiger charge is 2.09. The van der Waals surface area contributed by atoms with E-state index in [0.717, 1.165) is 6.29 Å². The van der Waals surface area contributed by atoms with Gasteiger partial charge in [0, 0.05) is 17.5 Å². The molecule has 0 radical (unpaired) electrons. The van der Waals surface area contributed by atoms with E-state index in [4.69, 9.17) is 39.5 Å². The van der Waals surface area contributed by atoms with Crippen LogP contribution in [0.4, 0.5) is 0 Å². The number of aldehydes is 1. The minimum Gasteiger partial charge on any atom is -0.455 e. The summed E-state index contributed by atoms with van der Waals surface area (Å²) in [5, 5.41) is 2.79. The van der Waals surface area contributed by atoms with Gasteiger partial charge in [0.2, 0.25) is 0 Å². The number of ether oxygens (including phenoxy) is 1. The fourth-order valence-electron chi connectivity index (χ4n) is 1.16. The second kappa shape index (κ2) is 5.27. The third kappa shape index (κ3) is 2.93. The lowest BCUT2D eigenvalue weighted by Crippen LogP contribution is -1.84. The predicted molar refractivity (Wildman–Crippen MR) is 71.3 cm³/mol. The van der Waals surface area contributed by atoms with Crippen LogP contribution in [0.15, 0.2) is 23.6 Å². The summed E-state index contributed by atoms with van der Waals surface area (Å²) in [6.45, 7) is 0. The topological polar surface area (TPSA) is 26.3 Å². The van der Waals surface area contributed by atoms with Crippen LogP contribution in [-0.2, 0) is 0 Å². The van der Waals surface area contributed by atoms with Gasteiger partial charge in [0.25, 0.3) is 0 Å². The number of hydrogen-bond acceptors (Lipinski definition) is 3. The van der Waals surface area contributed by atoms with Gasteiger partial charge >= 0.3 is 0 Å². The van der Waals surface area contributed by atoms with Crippen molar-refractivity contribution in [2.75, 3.05) is 0 Å². The molecule has 0 aliphatic heterocycles. The number of carbonyl (C=O) groups is 1. The summed E-state index contributed by atoms with van der Waals surface area (Å²) in [7, 11) is 0. The van der Waals surface area contributed by atoms with Crippen molar-refractivity contribution in [3.05, 3.63) is 43.5 Å². The van der Waals surface area contributed by atoms with Crippen molar-refractivity contribution in [3.8, 4) is 11.5 Å². The first-order valence-electron chi connectivity index (χ1n) is 4.46. The molecule has 0 spiro atoms. The van der Waals surface area contributed by atoms with Gasteiger partial charge in [-0.3, -0.25) is 4.79 Å². The largest absolute Gasteiger partial charge is 0.455 e. The third-order valence-corrected chi connectivity index (χ3v) is 3.77. The molecule has 0 fully saturated rings. The van der Waals surface area contributed by atoms with Gasteiger partial charge in [-0.25, -0.2) is 0 Å². The van der Waals surface area contributed by atoms with E-state index >= 15 is 0 Å². The maximum Gasteiger partial charge on any atom is 0.160 e. The van der Waals surface area contributed by atoms with Crippen LogP contribution in [-0.4, -0.2) is 6.29 Å². The number of hydrogen-bond donors (Lipinski definition) is 0. The molecule has 6 heteroatoms. The third-order valence-electron chi connectivity index (χ3n) is 1.91. The second-order valence-electron chi connectivity index (χ2n) is 3.10. The Morgan fingerprint density at radius 1 is 1.06 bits per heavy atom. The Hall–Kier alpha value is -0.740. The Morgan fingerprint density at radius 3 is 2.41 bits per heavy atom. The molecule has 0 aliphatic carbocycles. The van der Waals surface area contributed by atoms with Crippen molar-refractivity contribution in [3.63, 3.8) is 0 Å². The highest BCUT2D eigenvalue weighted by atomic mass is 35.5. The van der Waals surface area contributed by atoms with Crippen LogP contribution in [0.2, 0.25) is 15.1 Å². The van der Waals surface area contributed by atoms with Crippen molar-refractivity contribution in [2.45, 2.75) is 0 Å². The lowest BCUT2D eigenvalue weighted by molar-refractivity contribution is 0.112. The molecule has 0 bridgehead atoms. The van der Waals surface area contributed by atoms with Crippen molar-refractivity contribution >= 4 is 52.4 Å². The Bertz CT molecular complexity index is 566. The average Bonchev–Trinajstić information content (AvgIpc) is 2.73. The lowest BCUT2D eigenvalue weighted by Gasteiger charge is -2.06. The molecule has 1 aromatic carbocycles. The van der Waals surface area contributed by atoms with E-state index < -0.39 is 0 Å². The number of halogens is 3. The van der Waals surface area contributed by atoms with Crippen LogP contribution in [0.25, 0.3) is 0 Å². The van der Waals surface area contributed by atoms with Crippen LogP contribution in [0.1, 0.15) is 9.67 Å². The van der Waals surface area contributed by atoms with Gasteiger partial charge in [-0.05, 0) is 6.07 Å². The van der Waals surface area contributed by atoms with Crippen molar-refractivity contribution in [1.29, 1.82) is 0 Å². The fourth-order valence-corrected chi connectivity index (χ4v) is 2.34. The zero-order valence-corrected chi connectivity index (χ0v) is 11.3.